The molecule has 0 spiro atoms. The molecule has 0 unspecified atom stereocenters. The summed E-state index contributed by atoms with van der Waals surface area (Å²) in [5.41, 5.74) is -0.516. The van der Waals surface area contributed by atoms with Crippen LogP contribution in [0.4, 0.5) is 5.69 Å². The lowest BCUT2D eigenvalue weighted by Crippen LogP contribution is -2.12. The minimum absolute atomic E-state index is 0.116. The summed E-state index contributed by atoms with van der Waals surface area (Å²) in [6.45, 7) is -0.909. The van der Waals surface area contributed by atoms with Gasteiger partial charge in [-0.25, -0.2) is 4.79 Å². The first-order valence-corrected chi connectivity index (χ1v) is 4.74. The van der Waals surface area contributed by atoms with Crippen LogP contribution in [0.5, 0.6) is 0 Å². The monoisotopic (exact) mass is 241 g/mol. The van der Waals surface area contributed by atoms with E-state index in [1.807, 2.05) is 0 Å². The van der Waals surface area contributed by atoms with Crippen LogP contribution in [-0.2, 0) is 0 Å². The van der Waals surface area contributed by atoms with Gasteiger partial charge in [-0.2, -0.15) is 0 Å². The number of rotatable bonds is 5. The summed E-state index contributed by atoms with van der Waals surface area (Å²) in [7, 11) is 0. The summed E-state index contributed by atoms with van der Waals surface area (Å²) in [6, 6.07) is 3.34. The SMILES string of the molecule is O=C(O)c1ccc(C(CO)CO)c([N+](=O)[O-])c1. The summed E-state index contributed by atoms with van der Waals surface area (Å²) in [5, 5.41) is 37.4. The van der Waals surface area contributed by atoms with E-state index in [0.717, 1.165) is 6.07 Å². The van der Waals surface area contributed by atoms with Crippen molar-refractivity contribution in [3.05, 3.63) is 39.4 Å². The molecule has 17 heavy (non-hydrogen) atoms. The molecule has 0 aliphatic heterocycles. The summed E-state index contributed by atoms with van der Waals surface area (Å²) >= 11 is 0. The van der Waals surface area contributed by atoms with Crippen molar-refractivity contribution in [2.45, 2.75) is 5.92 Å². The van der Waals surface area contributed by atoms with Crippen molar-refractivity contribution < 1.29 is 25.0 Å². The zero-order valence-corrected chi connectivity index (χ0v) is 8.74. The molecule has 92 valence electrons. The number of carbonyl (C=O) groups is 1. The largest absolute Gasteiger partial charge is 0.478 e. The Kier molecular flexibility index (Phi) is 4.13. The fourth-order valence-electron chi connectivity index (χ4n) is 1.43. The lowest BCUT2D eigenvalue weighted by atomic mass is 9.97. The first-order chi connectivity index (χ1) is 8.01. The minimum Gasteiger partial charge on any atom is -0.478 e. The number of nitro groups is 1. The van der Waals surface area contributed by atoms with Crippen LogP contribution in [0.25, 0.3) is 0 Å². The molecule has 0 fully saturated rings. The van der Waals surface area contributed by atoms with E-state index in [2.05, 4.69) is 0 Å². The van der Waals surface area contributed by atoms with Gasteiger partial charge in [0, 0.05) is 17.5 Å². The Labute approximate surface area is 96.1 Å². The molecule has 3 N–H and O–H groups in total. The van der Waals surface area contributed by atoms with Crippen LogP contribution in [-0.4, -0.2) is 39.4 Å². The van der Waals surface area contributed by atoms with Gasteiger partial charge in [0.25, 0.3) is 5.69 Å². The highest BCUT2D eigenvalue weighted by atomic mass is 16.6. The van der Waals surface area contributed by atoms with Gasteiger partial charge in [0.05, 0.1) is 23.7 Å². The van der Waals surface area contributed by atoms with E-state index in [1.165, 1.54) is 12.1 Å². The second-order valence-corrected chi connectivity index (χ2v) is 3.40. The van der Waals surface area contributed by atoms with Crippen molar-refractivity contribution in [3.8, 4) is 0 Å². The van der Waals surface area contributed by atoms with Crippen molar-refractivity contribution in [1.29, 1.82) is 0 Å². The van der Waals surface area contributed by atoms with Crippen LogP contribution in [0.2, 0.25) is 0 Å². The van der Waals surface area contributed by atoms with Gasteiger partial charge in [-0.1, -0.05) is 6.07 Å². The number of carboxylic acids is 1. The van der Waals surface area contributed by atoms with Gasteiger partial charge in [0.2, 0.25) is 0 Å². The highest BCUT2D eigenvalue weighted by Crippen LogP contribution is 2.27. The van der Waals surface area contributed by atoms with E-state index in [-0.39, 0.29) is 11.1 Å². The zero-order valence-electron chi connectivity index (χ0n) is 8.74. The smallest absolute Gasteiger partial charge is 0.335 e. The van der Waals surface area contributed by atoms with Crippen LogP contribution in [0.1, 0.15) is 21.8 Å². The van der Waals surface area contributed by atoms with Crippen molar-refractivity contribution in [3.63, 3.8) is 0 Å². The maximum Gasteiger partial charge on any atom is 0.335 e. The van der Waals surface area contributed by atoms with Crippen LogP contribution >= 0.6 is 0 Å². The quantitative estimate of drug-likeness (QED) is 0.505. The highest BCUT2D eigenvalue weighted by Gasteiger charge is 2.22. The molecule has 0 aliphatic rings. The average molecular weight is 241 g/mol. The molecule has 0 radical (unpaired) electrons. The normalized spacial score (nSPS) is 10.5. The number of benzene rings is 1. The second kappa shape index (κ2) is 5.37. The van der Waals surface area contributed by atoms with E-state index in [1.54, 1.807) is 0 Å². The Morgan fingerprint density at radius 1 is 1.35 bits per heavy atom. The van der Waals surface area contributed by atoms with Crippen molar-refractivity contribution in [1.82, 2.24) is 0 Å². The Morgan fingerprint density at radius 2 is 1.94 bits per heavy atom. The molecule has 0 aromatic heterocycles. The van der Waals surface area contributed by atoms with E-state index in [9.17, 15) is 14.9 Å². The Bertz CT molecular complexity index is 440. The van der Waals surface area contributed by atoms with Gasteiger partial charge in [0.15, 0.2) is 0 Å². The fraction of sp³-hybridized carbons (Fsp3) is 0.300. The van der Waals surface area contributed by atoms with Crippen LogP contribution < -0.4 is 0 Å². The summed E-state index contributed by atoms with van der Waals surface area (Å²) in [6.07, 6.45) is 0. The summed E-state index contributed by atoms with van der Waals surface area (Å²) in [4.78, 5) is 20.7. The van der Waals surface area contributed by atoms with E-state index in [0.29, 0.717) is 0 Å². The number of carboxylic acid groups (broad SMARTS) is 1. The molecule has 1 rings (SSSR count). The number of nitro benzene ring substituents is 1. The molecule has 0 bridgehead atoms. The molecule has 0 saturated heterocycles. The predicted molar refractivity (Wildman–Crippen MR) is 57.0 cm³/mol. The lowest BCUT2D eigenvalue weighted by Gasteiger charge is -2.11. The molecule has 0 saturated carbocycles. The van der Waals surface area contributed by atoms with E-state index in [4.69, 9.17) is 15.3 Å². The van der Waals surface area contributed by atoms with Gasteiger partial charge < -0.3 is 15.3 Å². The number of nitrogens with zero attached hydrogens (tertiary/aromatic N) is 1. The molecule has 0 aliphatic carbocycles. The third-order valence-corrected chi connectivity index (χ3v) is 2.35. The fourth-order valence-corrected chi connectivity index (χ4v) is 1.43. The van der Waals surface area contributed by atoms with Gasteiger partial charge in [-0.3, -0.25) is 10.1 Å². The van der Waals surface area contributed by atoms with Gasteiger partial charge in [0.1, 0.15) is 0 Å². The standard InChI is InChI=1S/C10H11NO6/c12-4-7(5-13)8-2-1-6(10(14)15)3-9(8)11(16)17/h1-3,7,12-13H,4-5H2,(H,14,15). The number of aliphatic hydroxyl groups excluding tert-OH is 2. The molecule has 0 atom stereocenters. The van der Waals surface area contributed by atoms with Crippen LogP contribution in [0.15, 0.2) is 18.2 Å². The van der Waals surface area contributed by atoms with Crippen LogP contribution in [0, 0.1) is 10.1 Å². The maximum atomic E-state index is 10.8. The van der Waals surface area contributed by atoms with Crippen LogP contribution in [0.3, 0.4) is 0 Å². The molecular weight excluding hydrogens is 230 g/mol. The number of aliphatic hydroxyl groups is 2. The average Bonchev–Trinajstić information content (AvgIpc) is 2.30. The van der Waals surface area contributed by atoms with Crippen molar-refractivity contribution >= 4 is 11.7 Å². The van der Waals surface area contributed by atoms with Gasteiger partial charge >= 0.3 is 5.97 Å². The first kappa shape index (κ1) is 13.1. The topological polar surface area (TPSA) is 121 Å². The predicted octanol–water partition coefficient (Wildman–Crippen LogP) is 0.361. The number of aromatic carboxylic acids is 1. The molecule has 7 nitrogen and oxygen atoms in total. The Balaban J connectivity index is 3.31. The first-order valence-electron chi connectivity index (χ1n) is 4.74. The van der Waals surface area contributed by atoms with Crippen molar-refractivity contribution in [2.24, 2.45) is 0 Å². The Hall–Kier alpha value is -1.99. The molecule has 1 aromatic rings. The van der Waals surface area contributed by atoms with E-state index < -0.39 is 35.7 Å². The zero-order chi connectivity index (χ0) is 13.0. The molecule has 0 amide bonds. The van der Waals surface area contributed by atoms with Crippen molar-refractivity contribution in [2.75, 3.05) is 13.2 Å². The number of hydrogen-bond acceptors (Lipinski definition) is 5. The molecule has 0 heterocycles. The maximum absolute atomic E-state index is 10.8. The third-order valence-electron chi connectivity index (χ3n) is 2.35. The second-order valence-electron chi connectivity index (χ2n) is 3.40. The number of hydrogen-bond donors (Lipinski definition) is 3. The molecule has 7 heteroatoms. The lowest BCUT2D eigenvalue weighted by molar-refractivity contribution is -0.385. The Morgan fingerprint density at radius 3 is 2.35 bits per heavy atom. The van der Waals surface area contributed by atoms with Gasteiger partial charge in [-0.15, -0.1) is 0 Å². The van der Waals surface area contributed by atoms with Gasteiger partial charge in [-0.05, 0) is 6.07 Å². The van der Waals surface area contributed by atoms with E-state index >= 15 is 0 Å². The highest BCUT2D eigenvalue weighted by molar-refractivity contribution is 5.88. The minimum atomic E-state index is -1.27. The molecular formula is C10H11NO6. The third kappa shape index (κ3) is 2.77. The molecule has 1 aromatic carbocycles. The summed E-state index contributed by atoms with van der Waals surface area (Å²) < 4.78 is 0. The summed E-state index contributed by atoms with van der Waals surface area (Å²) in [5.74, 6) is -2.07.